The molecule has 0 aromatic heterocycles. The molecule has 1 rings (SSSR count). The molecule has 0 atom stereocenters. The Morgan fingerprint density at radius 2 is 2.27 bits per heavy atom. The number of hydrogen-bond donors (Lipinski definition) is 3. The van der Waals surface area contributed by atoms with Gasteiger partial charge in [0.25, 0.3) is 5.91 Å². The van der Waals surface area contributed by atoms with Gasteiger partial charge in [-0.3, -0.25) is 4.79 Å². The van der Waals surface area contributed by atoms with Gasteiger partial charge in [0.05, 0.1) is 0 Å². The standard InChI is InChI=1S/C9H12BNO4/c1-15-6-11-9(12)7-3-2-4-8(5-7)10(13)14/h2-5,13-14H,6H2,1H3,(H,11,12). The summed E-state index contributed by atoms with van der Waals surface area (Å²) >= 11 is 0. The lowest BCUT2D eigenvalue weighted by molar-refractivity contribution is 0.0872. The fraction of sp³-hybridized carbons (Fsp3) is 0.222. The van der Waals surface area contributed by atoms with E-state index in [0.717, 1.165) is 0 Å². The first-order valence-electron chi connectivity index (χ1n) is 4.38. The first-order valence-corrected chi connectivity index (χ1v) is 4.38. The van der Waals surface area contributed by atoms with Gasteiger partial charge in [-0.05, 0) is 17.6 Å². The average Bonchev–Trinajstić information content (AvgIpc) is 2.26. The molecule has 0 aliphatic rings. The number of rotatable bonds is 4. The van der Waals surface area contributed by atoms with Crippen LogP contribution in [0.15, 0.2) is 24.3 Å². The molecular formula is C9H12BNO4. The molecule has 3 N–H and O–H groups in total. The molecule has 1 aromatic carbocycles. The number of amides is 1. The number of carbonyl (C=O) groups is 1. The summed E-state index contributed by atoms with van der Waals surface area (Å²) in [6, 6.07) is 6.10. The number of hydrogen-bond acceptors (Lipinski definition) is 4. The summed E-state index contributed by atoms with van der Waals surface area (Å²) in [5.74, 6) is -0.320. The van der Waals surface area contributed by atoms with E-state index in [4.69, 9.17) is 10.0 Å². The predicted octanol–water partition coefficient (Wildman–Crippen LogP) is -1.30. The molecule has 0 saturated carbocycles. The summed E-state index contributed by atoms with van der Waals surface area (Å²) in [5.41, 5.74) is 0.637. The van der Waals surface area contributed by atoms with Crippen molar-refractivity contribution in [3.63, 3.8) is 0 Å². The van der Waals surface area contributed by atoms with Crippen LogP contribution in [0.5, 0.6) is 0 Å². The summed E-state index contributed by atoms with van der Waals surface area (Å²) in [5, 5.41) is 20.3. The Kier molecular flexibility index (Phi) is 4.29. The lowest BCUT2D eigenvalue weighted by Crippen LogP contribution is -2.32. The van der Waals surface area contributed by atoms with Crippen LogP contribution in [0.2, 0.25) is 0 Å². The topological polar surface area (TPSA) is 78.8 Å². The first kappa shape index (κ1) is 11.7. The van der Waals surface area contributed by atoms with Gasteiger partial charge in [0.2, 0.25) is 0 Å². The lowest BCUT2D eigenvalue weighted by Gasteiger charge is -2.05. The Labute approximate surface area is 87.8 Å². The quantitative estimate of drug-likeness (QED) is 0.425. The maximum atomic E-state index is 11.4. The van der Waals surface area contributed by atoms with Crippen LogP contribution in [0.3, 0.4) is 0 Å². The molecule has 0 bridgehead atoms. The third-order valence-electron chi connectivity index (χ3n) is 1.82. The lowest BCUT2D eigenvalue weighted by atomic mass is 9.79. The van der Waals surface area contributed by atoms with E-state index in [1.807, 2.05) is 0 Å². The second kappa shape index (κ2) is 5.50. The van der Waals surface area contributed by atoms with Crippen molar-refractivity contribution in [2.45, 2.75) is 0 Å². The molecule has 1 aromatic rings. The fourth-order valence-electron chi connectivity index (χ4n) is 1.08. The number of benzene rings is 1. The highest BCUT2D eigenvalue weighted by molar-refractivity contribution is 6.58. The molecular weight excluding hydrogens is 197 g/mol. The third kappa shape index (κ3) is 3.36. The Morgan fingerprint density at radius 3 is 2.87 bits per heavy atom. The van der Waals surface area contributed by atoms with Crippen molar-refractivity contribution < 1.29 is 19.6 Å². The minimum atomic E-state index is -1.57. The van der Waals surface area contributed by atoms with E-state index in [2.05, 4.69) is 10.1 Å². The highest BCUT2D eigenvalue weighted by atomic mass is 16.5. The van der Waals surface area contributed by atoms with Crippen molar-refractivity contribution >= 4 is 18.5 Å². The van der Waals surface area contributed by atoms with Gasteiger partial charge in [-0.15, -0.1) is 0 Å². The predicted molar refractivity (Wildman–Crippen MR) is 55.6 cm³/mol. The Balaban J connectivity index is 2.76. The molecule has 0 saturated heterocycles. The van der Waals surface area contributed by atoms with E-state index in [0.29, 0.717) is 5.56 Å². The van der Waals surface area contributed by atoms with E-state index < -0.39 is 7.12 Å². The van der Waals surface area contributed by atoms with Crippen molar-refractivity contribution in [1.82, 2.24) is 5.32 Å². The van der Waals surface area contributed by atoms with Crippen LogP contribution >= 0.6 is 0 Å². The van der Waals surface area contributed by atoms with E-state index >= 15 is 0 Å². The average molecular weight is 209 g/mol. The van der Waals surface area contributed by atoms with Crippen molar-refractivity contribution in [2.24, 2.45) is 0 Å². The number of methoxy groups -OCH3 is 1. The van der Waals surface area contributed by atoms with Crippen LogP contribution in [-0.4, -0.2) is 36.9 Å². The molecule has 0 aliphatic heterocycles. The van der Waals surface area contributed by atoms with Gasteiger partial charge in [0, 0.05) is 12.7 Å². The van der Waals surface area contributed by atoms with Gasteiger partial charge in [-0.1, -0.05) is 12.1 Å². The van der Waals surface area contributed by atoms with Gasteiger partial charge in [0.1, 0.15) is 6.73 Å². The first-order chi connectivity index (χ1) is 7.15. The van der Waals surface area contributed by atoms with E-state index in [-0.39, 0.29) is 18.1 Å². The summed E-state index contributed by atoms with van der Waals surface area (Å²) < 4.78 is 4.68. The normalized spacial score (nSPS) is 9.80. The Morgan fingerprint density at radius 1 is 1.53 bits per heavy atom. The van der Waals surface area contributed by atoms with E-state index in [1.54, 1.807) is 12.1 Å². The van der Waals surface area contributed by atoms with Crippen LogP contribution in [0, 0.1) is 0 Å². The number of carbonyl (C=O) groups excluding carboxylic acids is 1. The second-order valence-corrected chi connectivity index (χ2v) is 2.94. The van der Waals surface area contributed by atoms with Crippen molar-refractivity contribution in [2.75, 3.05) is 13.8 Å². The van der Waals surface area contributed by atoms with Crippen LogP contribution in [-0.2, 0) is 4.74 Å². The molecule has 15 heavy (non-hydrogen) atoms. The molecule has 80 valence electrons. The molecule has 1 amide bonds. The summed E-state index contributed by atoms with van der Waals surface area (Å²) in [4.78, 5) is 11.4. The minimum absolute atomic E-state index is 0.116. The fourth-order valence-corrected chi connectivity index (χ4v) is 1.08. The van der Waals surface area contributed by atoms with Crippen LogP contribution in [0.4, 0.5) is 0 Å². The van der Waals surface area contributed by atoms with Gasteiger partial charge < -0.3 is 20.1 Å². The van der Waals surface area contributed by atoms with Crippen molar-refractivity contribution in [3.8, 4) is 0 Å². The zero-order valence-electron chi connectivity index (χ0n) is 8.30. The van der Waals surface area contributed by atoms with Crippen LogP contribution < -0.4 is 10.8 Å². The van der Waals surface area contributed by atoms with Crippen molar-refractivity contribution in [3.05, 3.63) is 29.8 Å². The SMILES string of the molecule is COCNC(=O)c1cccc(B(O)O)c1. The molecule has 5 nitrogen and oxygen atoms in total. The Bertz CT molecular complexity index is 343. The van der Waals surface area contributed by atoms with Gasteiger partial charge in [0.15, 0.2) is 0 Å². The number of ether oxygens (including phenoxy) is 1. The maximum Gasteiger partial charge on any atom is 0.488 e. The minimum Gasteiger partial charge on any atom is -0.423 e. The molecule has 0 unspecified atom stereocenters. The molecule has 0 fully saturated rings. The molecule has 0 aliphatic carbocycles. The third-order valence-corrected chi connectivity index (χ3v) is 1.82. The summed E-state index contributed by atoms with van der Waals surface area (Å²) in [7, 11) is -0.103. The smallest absolute Gasteiger partial charge is 0.423 e. The highest BCUT2D eigenvalue weighted by Gasteiger charge is 2.13. The number of nitrogens with one attached hydrogen (secondary N) is 1. The highest BCUT2D eigenvalue weighted by Crippen LogP contribution is 1.96. The molecule has 0 spiro atoms. The van der Waals surface area contributed by atoms with E-state index in [1.165, 1.54) is 19.2 Å². The largest absolute Gasteiger partial charge is 0.488 e. The zero-order chi connectivity index (χ0) is 11.3. The maximum absolute atomic E-state index is 11.4. The molecule has 0 heterocycles. The van der Waals surface area contributed by atoms with Crippen LogP contribution in [0.25, 0.3) is 0 Å². The van der Waals surface area contributed by atoms with Gasteiger partial charge in [-0.2, -0.15) is 0 Å². The van der Waals surface area contributed by atoms with Crippen LogP contribution in [0.1, 0.15) is 10.4 Å². The monoisotopic (exact) mass is 209 g/mol. The van der Waals surface area contributed by atoms with E-state index in [9.17, 15) is 4.79 Å². The van der Waals surface area contributed by atoms with Crippen molar-refractivity contribution in [1.29, 1.82) is 0 Å². The molecule has 0 radical (unpaired) electrons. The summed E-state index contributed by atoms with van der Waals surface area (Å²) in [6.07, 6.45) is 0. The second-order valence-electron chi connectivity index (χ2n) is 2.94. The summed E-state index contributed by atoms with van der Waals surface area (Å²) in [6.45, 7) is 0.116. The van der Waals surface area contributed by atoms with Gasteiger partial charge >= 0.3 is 7.12 Å². The Hall–Kier alpha value is -1.37. The molecule has 6 heteroatoms. The van der Waals surface area contributed by atoms with Gasteiger partial charge in [-0.25, -0.2) is 0 Å². The zero-order valence-corrected chi connectivity index (χ0v) is 8.30.